The molecule has 10 nitrogen and oxygen atoms in total. The van der Waals surface area contributed by atoms with E-state index in [0.717, 1.165) is 17.8 Å². The van der Waals surface area contributed by atoms with Crippen LogP contribution in [0.3, 0.4) is 0 Å². The van der Waals surface area contributed by atoms with Crippen LogP contribution >= 0.6 is 0 Å². The average Bonchev–Trinajstić information content (AvgIpc) is 3.05. The molecule has 2 aliphatic rings. The third-order valence-corrected chi connectivity index (χ3v) is 8.26. The topological polar surface area (TPSA) is 119 Å². The molecule has 0 unspecified atom stereocenters. The average molecular weight is 593 g/mol. The number of methoxy groups -OCH3 is 2. The van der Waals surface area contributed by atoms with Crippen LogP contribution in [-0.4, -0.2) is 49.7 Å². The number of aromatic nitrogens is 1. The molecular formula is C34H32N4O6. The molecule has 44 heavy (non-hydrogen) atoms. The van der Waals surface area contributed by atoms with E-state index in [1.54, 1.807) is 79.9 Å². The number of para-hydroxylation sites is 1. The second-order valence-electron chi connectivity index (χ2n) is 11.0. The Hall–Kier alpha value is -5.38. The van der Waals surface area contributed by atoms with Crippen LogP contribution < -0.4 is 25.8 Å². The summed E-state index contributed by atoms with van der Waals surface area (Å²) in [4.78, 5) is 53.8. The van der Waals surface area contributed by atoms with Gasteiger partial charge in [0.05, 0.1) is 36.8 Å². The molecule has 1 saturated heterocycles. The molecule has 3 heterocycles. The number of carbonyl (C=O) groups is 3. The van der Waals surface area contributed by atoms with E-state index in [0.29, 0.717) is 47.9 Å². The number of ether oxygens (including phenoxy) is 2. The van der Waals surface area contributed by atoms with Gasteiger partial charge in [0.2, 0.25) is 0 Å². The largest absolute Gasteiger partial charge is 0.497 e. The van der Waals surface area contributed by atoms with Crippen molar-refractivity contribution in [3.63, 3.8) is 0 Å². The maximum absolute atomic E-state index is 13.4. The van der Waals surface area contributed by atoms with E-state index in [1.165, 1.54) is 7.11 Å². The van der Waals surface area contributed by atoms with Crippen LogP contribution in [-0.2, 0) is 11.3 Å². The molecule has 3 aromatic carbocycles. The Morgan fingerprint density at radius 1 is 0.773 bits per heavy atom. The predicted molar refractivity (Wildman–Crippen MR) is 167 cm³/mol. The van der Waals surface area contributed by atoms with E-state index in [-0.39, 0.29) is 28.9 Å². The first-order chi connectivity index (χ1) is 21.3. The number of rotatable bonds is 7. The molecule has 6 rings (SSSR count). The number of amides is 2. The third-order valence-electron chi connectivity index (χ3n) is 8.26. The first-order valence-electron chi connectivity index (χ1n) is 14.4. The van der Waals surface area contributed by atoms with Gasteiger partial charge in [0.1, 0.15) is 5.75 Å². The lowest BCUT2D eigenvalue weighted by atomic mass is 9.83. The van der Waals surface area contributed by atoms with Gasteiger partial charge in [-0.15, -0.1) is 0 Å². The molecule has 0 radical (unpaired) electrons. The lowest BCUT2D eigenvalue weighted by Gasteiger charge is -2.44. The van der Waals surface area contributed by atoms with Crippen molar-refractivity contribution in [3.05, 3.63) is 118 Å². The van der Waals surface area contributed by atoms with Gasteiger partial charge in [-0.3, -0.25) is 14.4 Å². The van der Waals surface area contributed by atoms with Crippen molar-refractivity contribution in [1.82, 2.24) is 4.57 Å². The number of fused-ring (bicyclic) bond motifs is 4. The number of anilines is 3. The Bertz CT molecular complexity index is 1800. The smallest absolute Gasteiger partial charge is 0.339 e. The number of piperidine rings is 1. The highest BCUT2D eigenvalue weighted by atomic mass is 16.5. The van der Waals surface area contributed by atoms with Crippen molar-refractivity contribution >= 4 is 34.8 Å². The summed E-state index contributed by atoms with van der Waals surface area (Å²) >= 11 is 0. The first-order valence-corrected chi connectivity index (χ1v) is 14.4. The highest BCUT2D eigenvalue weighted by molar-refractivity contribution is 6.10. The number of nitrogens with zero attached hydrogens (tertiary/aromatic N) is 2. The number of nitrogens with one attached hydrogen (secondary N) is 2. The van der Waals surface area contributed by atoms with E-state index < -0.39 is 11.9 Å². The summed E-state index contributed by atoms with van der Waals surface area (Å²) in [7, 11) is 2.84. The van der Waals surface area contributed by atoms with Crippen molar-refractivity contribution in [2.75, 3.05) is 42.8 Å². The van der Waals surface area contributed by atoms with Gasteiger partial charge in [0.25, 0.3) is 17.4 Å². The summed E-state index contributed by atoms with van der Waals surface area (Å²) in [5.41, 5.74) is 3.56. The normalized spacial score (nSPS) is 16.8. The van der Waals surface area contributed by atoms with Crippen LogP contribution in [0.2, 0.25) is 0 Å². The molecule has 2 bridgehead atoms. The van der Waals surface area contributed by atoms with Crippen LogP contribution in [0.15, 0.2) is 89.7 Å². The van der Waals surface area contributed by atoms with Crippen molar-refractivity contribution in [3.8, 4) is 5.75 Å². The van der Waals surface area contributed by atoms with E-state index in [4.69, 9.17) is 9.47 Å². The van der Waals surface area contributed by atoms with E-state index in [2.05, 4.69) is 15.5 Å². The van der Waals surface area contributed by atoms with Gasteiger partial charge in [-0.1, -0.05) is 18.2 Å². The summed E-state index contributed by atoms with van der Waals surface area (Å²) in [6, 6.07) is 24.0. The van der Waals surface area contributed by atoms with Crippen molar-refractivity contribution < 1.29 is 23.9 Å². The Morgan fingerprint density at radius 3 is 2.27 bits per heavy atom. The zero-order chi connectivity index (χ0) is 30.8. The maximum atomic E-state index is 13.4. The highest BCUT2D eigenvalue weighted by Crippen LogP contribution is 2.39. The summed E-state index contributed by atoms with van der Waals surface area (Å²) in [5, 5.41) is 5.82. The number of carbonyl (C=O) groups excluding carboxylic acids is 3. The Kier molecular flexibility index (Phi) is 7.89. The molecule has 1 fully saturated rings. The molecule has 2 atom stereocenters. The van der Waals surface area contributed by atoms with Crippen molar-refractivity contribution in [2.24, 2.45) is 5.92 Å². The molecule has 224 valence electrons. The quantitative estimate of drug-likeness (QED) is 0.297. The van der Waals surface area contributed by atoms with Gasteiger partial charge in [0.15, 0.2) is 0 Å². The van der Waals surface area contributed by atoms with Crippen LogP contribution in [0.5, 0.6) is 5.75 Å². The second kappa shape index (κ2) is 12.1. The Labute approximate surface area is 254 Å². The van der Waals surface area contributed by atoms with Crippen molar-refractivity contribution in [1.29, 1.82) is 0 Å². The van der Waals surface area contributed by atoms with Gasteiger partial charge >= 0.3 is 5.97 Å². The molecule has 1 aromatic heterocycles. The van der Waals surface area contributed by atoms with E-state index >= 15 is 0 Å². The fraction of sp³-hybridized carbons (Fsp3) is 0.235. The minimum Gasteiger partial charge on any atom is -0.497 e. The molecule has 10 heteroatoms. The zero-order valence-electron chi connectivity index (χ0n) is 24.4. The highest BCUT2D eigenvalue weighted by Gasteiger charge is 2.35. The maximum Gasteiger partial charge on any atom is 0.339 e. The second-order valence-corrected chi connectivity index (χ2v) is 11.0. The molecule has 2 N–H and O–H groups in total. The summed E-state index contributed by atoms with van der Waals surface area (Å²) < 4.78 is 12.0. The fourth-order valence-corrected chi connectivity index (χ4v) is 6.16. The minimum absolute atomic E-state index is 0.0160. The van der Waals surface area contributed by atoms with Gasteiger partial charge < -0.3 is 29.6 Å². The molecule has 4 aromatic rings. The van der Waals surface area contributed by atoms with Gasteiger partial charge in [-0.05, 0) is 73.0 Å². The van der Waals surface area contributed by atoms with Crippen molar-refractivity contribution in [2.45, 2.75) is 18.9 Å². The number of pyridine rings is 1. The fourth-order valence-electron chi connectivity index (χ4n) is 6.16. The number of hydrogen-bond acceptors (Lipinski definition) is 7. The standard InChI is InChI=1S/C34H32N4O6/c1-43-25-13-10-22(11-14-25)32(40)36-28-17-23(33(41)35-27-7-4-3-6-26(27)34(42)44-2)12-15-30(28)37-18-21-16-24(20-37)29-8-5-9-31(39)38(29)19-21/h3-15,17,21,24H,16,18-20H2,1-2H3,(H,35,41)(H,36,40)/t21-,24+/m1/s1. The predicted octanol–water partition coefficient (Wildman–Crippen LogP) is 4.77. The monoisotopic (exact) mass is 592 g/mol. The Morgan fingerprint density at radius 2 is 1.50 bits per heavy atom. The lowest BCUT2D eigenvalue weighted by molar-refractivity contribution is 0.0601. The SMILES string of the molecule is COC(=O)c1ccccc1NC(=O)c1ccc(N2C[C@H]3C[C@@H](C2)c2cccc(=O)n2C3)c(NC(=O)c2ccc(OC)cc2)c1. The van der Waals surface area contributed by atoms with Gasteiger partial charge in [0, 0.05) is 48.4 Å². The summed E-state index contributed by atoms with van der Waals surface area (Å²) in [5.74, 6) is -0.313. The van der Waals surface area contributed by atoms with Crippen LogP contribution in [0.25, 0.3) is 0 Å². The van der Waals surface area contributed by atoms with Crippen LogP contribution in [0.1, 0.15) is 49.1 Å². The molecule has 0 aliphatic carbocycles. The van der Waals surface area contributed by atoms with E-state index in [1.807, 2.05) is 16.7 Å². The Balaban J connectivity index is 1.33. The number of esters is 1. The number of hydrogen-bond donors (Lipinski definition) is 2. The summed E-state index contributed by atoms with van der Waals surface area (Å²) in [6.07, 6.45) is 0.980. The molecule has 0 saturated carbocycles. The molecule has 2 amide bonds. The molecule has 2 aliphatic heterocycles. The zero-order valence-corrected chi connectivity index (χ0v) is 24.4. The summed E-state index contributed by atoms with van der Waals surface area (Å²) in [6.45, 7) is 1.99. The van der Waals surface area contributed by atoms with E-state index in [9.17, 15) is 19.2 Å². The van der Waals surface area contributed by atoms with Crippen LogP contribution in [0.4, 0.5) is 17.1 Å². The van der Waals surface area contributed by atoms with Gasteiger partial charge in [-0.2, -0.15) is 0 Å². The van der Waals surface area contributed by atoms with Gasteiger partial charge in [-0.25, -0.2) is 4.79 Å². The third kappa shape index (κ3) is 5.66. The minimum atomic E-state index is -0.567. The lowest BCUT2D eigenvalue weighted by Crippen LogP contribution is -2.47. The molecular weight excluding hydrogens is 560 g/mol. The first kappa shape index (κ1) is 28.7. The van der Waals surface area contributed by atoms with Crippen LogP contribution in [0, 0.1) is 5.92 Å². The molecule has 0 spiro atoms. The number of benzene rings is 3.